The summed E-state index contributed by atoms with van der Waals surface area (Å²) in [5.74, 6) is 1.01. The van der Waals surface area contributed by atoms with Crippen LogP contribution in [-0.2, 0) is 0 Å². The molecule has 2 aromatic rings. The molecule has 1 N–H and O–H groups in total. The molecule has 3 rings (SSSR count). The first kappa shape index (κ1) is 12.8. The van der Waals surface area contributed by atoms with Gasteiger partial charge in [0.15, 0.2) is 0 Å². The van der Waals surface area contributed by atoms with Crippen LogP contribution in [0.25, 0.3) is 0 Å². The number of hydrogen-bond donors (Lipinski definition) is 1. The van der Waals surface area contributed by atoms with Crippen LogP contribution < -0.4 is 9.64 Å². The summed E-state index contributed by atoms with van der Waals surface area (Å²) in [7, 11) is 1.39. The van der Waals surface area contributed by atoms with Gasteiger partial charge in [-0.05, 0) is 12.8 Å². The van der Waals surface area contributed by atoms with Crippen molar-refractivity contribution in [2.45, 2.75) is 18.8 Å². The maximum atomic E-state index is 13.3. The predicted octanol–water partition coefficient (Wildman–Crippen LogP) is 1.13. The summed E-state index contributed by atoms with van der Waals surface area (Å²) in [4.78, 5) is 14.4. The van der Waals surface area contributed by atoms with E-state index in [0.717, 1.165) is 38.0 Å². The first-order chi connectivity index (χ1) is 9.78. The maximum Gasteiger partial charge on any atom is 0.255 e. The minimum Gasteiger partial charge on any atom is -0.479 e. The Kier molecular flexibility index (Phi) is 3.44. The van der Waals surface area contributed by atoms with E-state index in [-0.39, 0.29) is 11.8 Å². The van der Waals surface area contributed by atoms with Crippen LogP contribution in [0.2, 0.25) is 0 Å². The predicted molar refractivity (Wildman–Crippen MR) is 69.1 cm³/mol. The van der Waals surface area contributed by atoms with Crippen LogP contribution in [0.5, 0.6) is 5.88 Å². The van der Waals surface area contributed by atoms with Crippen molar-refractivity contribution in [2.24, 2.45) is 0 Å². The number of nitrogens with one attached hydrogen (secondary N) is 1. The minimum atomic E-state index is -0.556. The topological polar surface area (TPSA) is 79.8 Å². The molecular formula is C12H15FN6O. The molecule has 0 saturated carbocycles. The molecule has 0 aliphatic carbocycles. The Morgan fingerprint density at radius 3 is 3.10 bits per heavy atom. The van der Waals surface area contributed by atoms with E-state index in [4.69, 9.17) is 4.74 Å². The highest BCUT2D eigenvalue weighted by atomic mass is 19.1. The average molecular weight is 278 g/mol. The molecule has 0 unspecified atom stereocenters. The van der Waals surface area contributed by atoms with Crippen LogP contribution in [0.1, 0.15) is 24.6 Å². The van der Waals surface area contributed by atoms with E-state index in [9.17, 15) is 4.39 Å². The highest BCUT2D eigenvalue weighted by Gasteiger charge is 2.25. The van der Waals surface area contributed by atoms with E-state index in [1.165, 1.54) is 13.4 Å². The lowest BCUT2D eigenvalue weighted by Gasteiger charge is -2.31. The zero-order valence-electron chi connectivity index (χ0n) is 11.1. The molecule has 106 valence electrons. The molecule has 0 aromatic carbocycles. The van der Waals surface area contributed by atoms with Crippen LogP contribution in [0.4, 0.5) is 10.3 Å². The summed E-state index contributed by atoms with van der Waals surface area (Å²) < 4.78 is 18.2. The van der Waals surface area contributed by atoms with E-state index < -0.39 is 5.82 Å². The lowest BCUT2D eigenvalue weighted by molar-refractivity contribution is 0.366. The molecule has 0 bridgehead atoms. The van der Waals surface area contributed by atoms with Crippen LogP contribution in [-0.4, -0.2) is 45.3 Å². The SMILES string of the molecule is COc1nc(N2CCC[C@H](c3ncn[nH]3)C2)ncc1F. The number of hydrogen-bond acceptors (Lipinski definition) is 6. The van der Waals surface area contributed by atoms with Gasteiger partial charge in [-0.3, -0.25) is 5.10 Å². The second-order valence-corrected chi connectivity index (χ2v) is 4.68. The third-order valence-electron chi connectivity index (χ3n) is 3.42. The number of aromatic nitrogens is 5. The molecular weight excluding hydrogens is 263 g/mol. The Balaban J connectivity index is 1.80. The van der Waals surface area contributed by atoms with Crippen molar-refractivity contribution < 1.29 is 9.13 Å². The molecule has 3 heterocycles. The van der Waals surface area contributed by atoms with E-state index >= 15 is 0 Å². The number of ether oxygens (including phenoxy) is 1. The van der Waals surface area contributed by atoms with Gasteiger partial charge in [0.05, 0.1) is 13.3 Å². The Morgan fingerprint density at radius 1 is 1.45 bits per heavy atom. The lowest BCUT2D eigenvalue weighted by atomic mass is 9.98. The van der Waals surface area contributed by atoms with E-state index in [2.05, 4.69) is 25.1 Å². The Bertz CT molecular complexity index is 575. The lowest BCUT2D eigenvalue weighted by Crippen LogP contribution is -2.36. The second kappa shape index (κ2) is 5.40. The highest BCUT2D eigenvalue weighted by Crippen LogP contribution is 2.27. The first-order valence-electron chi connectivity index (χ1n) is 6.44. The zero-order chi connectivity index (χ0) is 13.9. The molecule has 1 aliphatic rings. The highest BCUT2D eigenvalue weighted by molar-refractivity contribution is 5.34. The molecule has 1 atom stereocenters. The van der Waals surface area contributed by atoms with E-state index in [0.29, 0.717) is 5.95 Å². The molecule has 20 heavy (non-hydrogen) atoms. The molecule has 0 amide bonds. The molecule has 1 saturated heterocycles. The third kappa shape index (κ3) is 2.40. The number of H-pyrrole nitrogens is 1. The fraction of sp³-hybridized carbons (Fsp3) is 0.500. The quantitative estimate of drug-likeness (QED) is 0.906. The van der Waals surface area contributed by atoms with Gasteiger partial charge in [0, 0.05) is 19.0 Å². The number of halogens is 1. The van der Waals surface area contributed by atoms with Crippen LogP contribution in [0, 0.1) is 5.82 Å². The summed E-state index contributed by atoms with van der Waals surface area (Å²) in [6.07, 6.45) is 4.67. The minimum absolute atomic E-state index is 0.0308. The van der Waals surface area contributed by atoms with Crippen LogP contribution in [0.3, 0.4) is 0 Å². The number of piperidine rings is 1. The molecule has 7 nitrogen and oxygen atoms in total. The zero-order valence-corrected chi connectivity index (χ0v) is 11.1. The fourth-order valence-electron chi connectivity index (χ4n) is 2.43. The molecule has 1 fully saturated rings. The van der Waals surface area contributed by atoms with Crippen molar-refractivity contribution in [3.8, 4) is 5.88 Å². The average Bonchev–Trinajstić information content (AvgIpc) is 3.02. The Hall–Kier alpha value is -2.25. The number of aromatic amines is 1. The summed E-state index contributed by atoms with van der Waals surface area (Å²) in [5.41, 5.74) is 0. The van der Waals surface area contributed by atoms with E-state index in [1.54, 1.807) is 0 Å². The second-order valence-electron chi connectivity index (χ2n) is 4.68. The number of methoxy groups -OCH3 is 1. The van der Waals surface area contributed by atoms with Gasteiger partial charge in [-0.2, -0.15) is 14.5 Å². The van der Waals surface area contributed by atoms with Crippen molar-refractivity contribution in [3.05, 3.63) is 24.2 Å². The van der Waals surface area contributed by atoms with Crippen molar-refractivity contribution in [3.63, 3.8) is 0 Å². The smallest absolute Gasteiger partial charge is 0.255 e. The summed E-state index contributed by atoms with van der Waals surface area (Å²) in [6, 6.07) is 0. The number of nitrogens with zero attached hydrogens (tertiary/aromatic N) is 5. The third-order valence-corrected chi connectivity index (χ3v) is 3.42. The van der Waals surface area contributed by atoms with Gasteiger partial charge >= 0.3 is 0 Å². The molecule has 0 spiro atoms. The van der Waals surface area contributed by atoms with Gasteiger partial charge in [0.2, 0.25) is 11.8 Å². The first-order valence-corrected chi connectivity index (χ1v) is 6.44. The van der Waals surface area contributed by atoms with Crippen molar-refractivity contribution >= 4 is 5.95 Å². The van der Waals surface area contributed by atoms with Crippen LogP contribution >= 0.6 is 0 Å². The van der Waals surface area contributed by atoms with Crippen LogP contribution in [0.15, 0.2) is 12.5 Å². The maximum absolute atomic E-state index is 13.3. The van der Waals surface area contributed by atoms with Crippen molar-refractivity contribution in [2.75, 3.05) is 25.1 Å². The van der Waals surface area contributed by atoms with Gasteiger partial charge in [-0.1, -0.05) is 0 Å². The summed E-state index contributed by atoms with van der Waals surface area (Å²) in [6.45, 7) is 1.56. The van der Waals surface area contributed by atoms with E-state index in [1.807, 2.05) is 4.90 Å². The number of rotatable bonds is 3. The summed E-state index contributed by atoms with van der Waals surface area (Å²) in [5, 5.41) is 6.78. The standard InChI is InChI=1S/C12H15FN6O/c1-20-11-9(13)5-14-12(17-11)19-4-2-3-8(6-19)10-15-7-16-18-10/h5,7-8H,2-4,6H2,1H3,(H,15,16,18)/t8-/m0/s1. The normalized spacial score (nSPS) is 19.1. The fourth-order valence-corrected chi connectivity index (χ4v) is 2.43. The largest absolute Gasteiger partial charge is 0.479 e. The summed E-state index contributed by atoms with van der Waals surface area (Å²) >= 11 is 0. The monoisotopic (exact) mass is 278 g/mol. The molecule has 2 aromatic heterocycles. The molecule has 1 aliphatic heterocycles. The Labute approximate surface area is 115 Å². The van der Waals surface area contributed by atoms with Crippen molar-refractivity contribution in [1.82, 2.24) is 25.1 Å². The molecule has 0 radical (unpaired) electrons. The van der Waals surface area contributed by atoms with Crippen molar-refractivity contribution in [1.29, 1.82) is 0 Å². The molecule has 8 heteroatoms. The van der Waals surface area contributed by atoms with Gasteiger partial charge in [-0.15, -0.1) is 0 Å². The Morgan fingerprint density at radius 2 is 2.35 bits per heavy atom. The van der Waals surface area contributed by atoms with Gasteiger partial charge in [-0.25, -0.2) is 9.97 Å². The number of anilines is 1. The van der Waals surface area contributed by atoms with Gasteiger partial charge < -0.3 is 9.64 Å². The van der Waals surface area contributed by atoms with Gasteiger partial charge in [0.25, 0.3) is 5.88 Å². The van der Waals surface area contributed by atoms with Gasteiger partial charge in [0.1, 0.15) is 12.2 Å².